The summed E-state index contributed by atoms with van der Waals surface area (Å²) in [6.07, 6.45) is -14.6. The molecular weight excluding hydrogens is 498 g/mol. The minimum atomic E-state index is -1.56. The maximum Gasteiger partial charge on any atom is 0.338 e. The largest absolute Gasteiger partial charge is 0.464 e. The number of hydrogen-bond acceptors (Lipinski definition) is 13. The molecular formula is C23H41NO13. The first-order valence-corrected chi connectivity index (χ1v) is 12.4. The number of carbonyl (C=O) groups excluding carboxylic acids is 2. The van der Waals surface area contributed by atoms with Crippen molar-refractivity contribution in [3.63, 3.8) is 0 Å². The zero-order valence-corrected chi connectivity index (χ0v) is 22.0. The molecule has 216 valence electrons. The van der Waals surface area contributed by atoms with Gasteiger partial charge in [0.2, 0.25) is 0 Å². The lowest BCUT2D eigenvalue weighted by Gasteiger charge is -2.42. The van der Waals surface area contributed by atoms with Crippen molar-refractivity contribution in [2.24, 2.45) is 0 Å². The summed E-state index contributed by atoms with van der Waals surface area (Å²) in [5, 5.41) is 44.5. The van der Waals surface area contributed by atoms with Crippen molar-refractivity contribution in [1.29, 1.82) is 0 Å². The average Bonchev–Trinajstić information content (AvgIpc) is 2.83. The van der Waals surface area contributed by atoms with Gasteiger partial charge in [-0.3, -0.25) is 4.79 Å². The molecule has 0 aliphatic carbocycles. The van der Waals surface area contributed by atoms with Gasteiger partial charge in [0.1, 0.15) is 36.6 Å². The number of hydrogen-bond donors (Lipinski definition) is 5. The van der Waals surface area contributed by atoms with E-state index in [1.54, 1.807) is 34.6 Å². The van der Waals surface area contributed by atoms with Crippen LogP contribution in [-0.4, -0.2) is 133 Å². The summed E-state index contributed by atoms with van der Waals surface area (Å²) >= 11 is 0. The zero-order valence-electron chi connectivity index (χ0n) is 22.0. The molecule has 14 heteroatoms. The number of aliphatic hydroxyl groups is 4. The molecule has 2 saturated heterocycles. The van der Waals surface area contributed by atoms with Crippen LogP contribution in [0.1, 0.15) is 34.6 Å². The van der Waals surface area contributed by atoms with Crippen LogP contribution in [0.15, 0.2) is 0 Å². The summed E-state index contributed by atoms with van der Waals surface area (Å²) in [5.74, 6) is -1.39. The van der Waals surface area contributed by atoms with E-state index in [9.17, 15) is 30.0 Å². The normalized spacial score (nSPS) is 36.5. The summed E-state index contributed by atoms with van der Waals surface area (Å²) < 4.78 is 38.3. The Hall–Kier alpha value is -1.46. The van der Waals surface area contributed by atoms with E-state index in [4.69, 9.17) is 33.2 Å². The predicted octanol–water partition coefficient (Wildman–Crippen LogP) is -2.19. The fourth-order valence-corrected chi connectivity index (χ4v) is 3.96. The number of rotatable bonds is 12. The maximum atomic E-state index is 12.4. The van der Waals surface area contributed by atoms with Crippen LogP contribution >= 0.6 is 0 Å². The molecule has 0 saturated carbocycles. The molecule has 0 bridgehead atoms. The number of ether oxygens (including phenoxy) is 7. The second-order valence-corrected chi connectivity index (χ2v) is 9.22. The molecule has 1 amide bonds. The van der Waals surface area contributed by atoms with E-state index in [1.165, 1.54) is 7.05 Å². The predicted molar refractivity (Wildman–Crippen MR) is 124 cm³/mol. The number of aliphatic hydroxyl groups excluding tert-OH is 4. The van der Waals surface area contributed by atoms with E-state index >= 15 is 0 Å². The van der Waals surface area contributed by atoms with Crippen LogP contribution in [0.25, 0.3) is 0 Å². The first-order chi connectivity index (χ1) is 17.4. The van der Waals surface area contributed by atoms with Crippen LogP contribution in [0.4, 0.5) is 0 Å². The van der Waals surface area contributed by atoms with Gasteiger partial charge in [-0.1, -0.05) is 0 Å². The van der Waals surface area contributed by atoms with Crippen molar-refractivity contribution in [1.82, 2.24) is 5.32 Å². The van der Waals surface area contributed by atoms with Gasteiger partial charge in [0.15, 0.2) is 24.8 Å². The van der Waals surface area contributed by atoms with E-state index in [0.29, 0.717) is 0 Å². The van der Waals surface area contributed by atoms with Gasteiger partial charge in [0.05, 0.1) is 32.0 Å². The highest BCUT2D eigenvalue weighted by Crippen LogP contribution is 2.28. The van der Waals surface area contributed by atoms with Gasteiger partial charge in [0.25, 0.3) is 5.91 Å². The van der Waals surface area contributed by atoms with Crippen LogP contribution < -0.4 is 5.32 Å². The number of amides is 1. The summed E-state index contributed by atoms with van der Waals surface area (Å²) in [5.41, 5.74) is 0. The van der Waals surface area contributed by atoms with Crippen molar-refractivity contribution in [3.8, 4) is 0 Å². The molecule has 5 N–H and O–H groups in total. The minimum absolute atomic E-state index is 0.0517. The van der Waals surface area contributed by atoms with Crippen molar-refractivity contribution in [2.45, 2.75) is 108 Å². The van der Waals surface area contributed by atoms with Gasteiger partial charge >= 0.3 is 5.97 Å². The molecule has 2 unspecified atom stereocenters. The molecule has 0 aromatic carbocycles. The van der Waals surface area contributed by atoms with Crippen LogP contribution in [0.2, 0.25) is 0 Å². The molecule has 0 aromatic heterocycles. The van der Waals surface area contributed by atoms with Crippen LogP contribution in [0.3, 0.4) is 0 Å². The molecule has 2 rings (SSSR count). The SMILES string of the molecule is CCOC(=O)C1O[C@@H](OC(C)C)[C@@H](O)[C@@H](O)[C@@H]1OCCO[C@@H]1OC(C(=O)NC)[C@@H](OC(C)C)[C@H](O)[C@@H]1O. The second-order valence-electron chi connectivity index (χ2n) is 9.22. The lowest BCUT2D eigenvalue weighted by molar-refractivity contribution is -0.315. The molecule has 0 aromatic rings. The number of nitrogens with one attached hydrogen (secondary N) is 1. The Kier molecular flexibility index (Phi) is 12.6. The quantitative estimate of drug-likeness (QED) is 0.133. The van der Waals surface area contributed by atoms with Crippen LogP contribution in [0.5, 0.6) is 0 Å². The third-order valence-electron chi connectivity index (χ3n) is 5.62. The standard InChI is InChI=1S/C23H41NO13/c1-7-31-21(30)19-16(12(25)15(28)23(37-19)35-11(4)5)32-8-9-33-22-14(27)13(26)17(34-10(2)3)18(36-22)20(29)24-6/h10-19,22-23,25-28H,7-9H2,1-6H3,(H,24,29)/t12-,13-,14+,15+,16+,17+,18?,19?,22-,23-/m1/s1. The smallest absolute Gasteiger partial charge is 0.338 e. The Bertz CT molecular complexity index is 723. The molecule has 0 spiro atoms. The van der Waals surface area contributed by atoms with Gasteiger partial charge in [-0.2, -0.15) is 0 Å². The van der Waals surface area contributed by atoms with E-state index in [1.807, 2.05) is 0 Å². The fraction of sp³-hybridized carbons (Fsp3) is 0.913. The Labute approximate surface area is 216 Å². The first-order valence-electron chi connectivity index (χ1n) is 12.4. The van der Waals surface area contributed by atoms with Crippen LogP contribution in [-0.2, 0) is 42.7 Å². The van der Waals surface area contributed by atoms with Gasteiger partial charge in [0, 0.05) is 7.05 Å². The zero-order chi connectivity index (χ0) is 27.9. The lowest BCUT2D eigenvalue weighted by Crippen LogP contribution is -2.63. The monoisotopic (exact) mass is 539 g/mol. The Morgan fingerprint density at radius 1 is 0.784 bits per heavy atom. The lowest BCUT2D eigenvalue weighted by atomic mass is 9.97. The number of carbonyl (C=O) groups is 2. The van der Waals surface area contributed by atoms with Crippen molar-refractivity contribution >= 4 is 11.9 Å². The van der Waals surface area contributed by atoms with Crippen molar-refractivity contribution in [3.05, 3.63) is 0 Å². The van der Waals surface area contributed by atoms with E-state index in [-0.39, 0.29) is 32.0 Å². The molecule has 2 aliphatic rings. The van der Waals surface area contributed by atoms with Crippen molar-refractivity contribution < 1.29 is 63.2 Å². The second kappa shape index (κ2) is 14.6. The Morgan fingerprint density at radius 2 is 1.32 bits per heavy atom. The molecule has 0 radical (unpaired) electrons. The molecule has 14 nitrogen and oxygen atoms in total. The first kappa shape index (κ1) is 31.8. The van der Waals surface area contributed by atoms with E-state index in [0.717, 1.165) is 0 Å². The van der Waals surface area contributed by atoms with E-state index < -0.39 is 73.3 Å². The molecule has 37 heavy (non-hydrogen) atoms. The topological polar surface area (TPSA) is 192 Å². The average molecular weight is 540 g/mol. The molecule has 10 atom stereocenters. The molecule has 2 fully saturated rings. The number of likely N-dealkylation sites (N-methyl/N-ethyl adjacent to an activating group) is 1. The van der Waals surface area contributed by atoms with E-state index in [2.05, 4.69) is 5.32 Å². The van der Waals surface area contributed by atoms with Gasteiger partial charge in [-0.25, -0.2) is 4.79 Å². The maximum absolute atomic E-state index is 12.4. The number of esters is 1. The highest BCUT2D eigenvalue weighted by Gasteiger charge is 2.51. The van der Waals surface area contributed by atoms with Crippen LogP contribution in [0, 0.1) is 0 Å². The van der Waals surface area contributed by atoms with Gasteiger partial charge in [-0.05, 0) is 34.6 Å². The molecule has 2 aliphatic heterocycles. The van der Waals surface area contributed by atoms with Crippen molar-refractivity contribution in [2.75, 3.05) is 26.9 Å². The Balaban J connectivity index is 2.02. The summed E-state index contributed by atoms with van der Waals surface area (Å²) in [6.45, 7) is 7.98. The van der Waals surface area contributed by atoms with Gasteiger partial charge in [-0.15, -0.1) is 0 Å². The summed E-state index contributed by atoms with van der Waals surface area (Å²) in [4.78, 5) is 24.7. The molecule has 2 heterocycles. The third-order valence-corrected chi connectivity index (χ3v) is 5.62. The Morgan fingerprint density at radius 3 is 1.89 bits per heavy atom. The summed E-state index contributed by atoms with van der Waals surface area (Å²) in [6, 6.07) is 0. The fourth-order valence-electron chi connectivity index (χ4n) is 3.96. The summed E-state index contributed by atoms with van der Waals surface area (Å²) in [7, 11) is 1.39. The third kappa shape index (κ3) is 8.26. The highest BCUT2D eigenvalue weighted by molar-refractivity contribution is 5.81. The minimum Gasteiger partial charge on any atom is -0.464 e. The highest BCUT2D eigenvalue weighted by atomic mass is 16.7. The van der Waals surface area contributed by atoms with Gasteiger partial charge < -0.3 is 58.9 Å².